The van der Waals surface area contributed by atoms with Gasteiger partial charge in [0.25, 0.3) is 0 Å². The van der Waals surface area contributed by atoms with Crippen LogP contribution in [-0.2, 0) is 11.4 Å². The van der Waals surface area contributed by atoms with Crippen molar-refractivity contribution in [2.24, 2.45) is 5.16 Å². The monoisotopic (exact) mass is 351 g/mol. The Morgan fingerprint density at radius 1 is 1.15 bits per heavy atom. The Bertz CT molecular complexity index is 744. The van der Waals surface area contributed by atoms with Crippen LogP contribution in [0.3, 0.4) is 0 Å². The number of carbonyl (C=O) groups excluding carboxylic acids is 1. The van der Waals surface area contributed by atoms with E-state index in [0.29, 0.717) is 19.5 Å². The Hall–Kier alpha value is -2.82. The van der Waals surface area contributed by atoms with Gasteiger partial charge in [-0.2, -0.15) is 0 Å². The third-order valence-corrected chi connectivity index (χ3v) is 4.18. The number of urea groups is 1. The van der Waals surface area contributed by atoms with E-state index in [1.807, 2.05) is 74.5 Å². The molecule has 1 heterocycles. The first-order chi connectivity index (χ1) is 12.6. The topological polar surface area (TPSA) is 53.9 Å². The van der Waals surface area contributed by atoms with E-state index in [1.54, 1.807) is 4.90 Å². The Balaban J connectivity index is 1.65. The molecule has 0 radical (unpaired) electrons. The Labute approximate surface area is 154 Å². The molecule has 5 nitrogen and oxygen atoms in total. The summed E-state index contributed by atoms with van der Waals surface area (Å²) in [5.41, 5.74) is 3.09. The molecule has 1 aliphatic rings. The highest BCUT2D eigenvalue weighted by Gasteiger charge is 2.27. The van der Waals surface area contributed by atoms with Gasteiger partial charge in [0, 0.05) is 19.0 Å². The van der Waals surface area contributed by atoms with Crippen LogP contribution in [0, 0.1) is 0 Å². The standard InChI is InChI=1S/C21H25N3O2/c1-16(2)22-21(25)24(14-17-9-5-3-6-10-17)15-19-13-20(23-26-19)18-11-7-4-8-12-18/h3-12,16,19H,13-15H2,1-2H3,(H,22,25)/t19-/m1/s1. The second-order valence-electron chi connectivity index (χ2n) is 6.81. The van der Waals surface area contributed by atoms with E-state index in [0.717, 1.165) is 16.8 Å². The van der Waals surface area contributed by atoms with Crippen LogP contribution in [-0.4, -0.2) is 35.3 Å². The minimum Gasteiger partial charge on any atom is -0.390 e. The molecule has 2 aromatic carbocycles. The van der Waals surface area contributed by atoms with Crippen molar-refractivity contribution in [3.05, 3.63) is 71.8 Å². The lowest BCUT2D eigenvalue weighted by atomic mass is 10.0. The molecule has 0 bridgehead atoms. The Morgan fingerprint density at radius 3 is 2.46 bits per heavy atom. The van der Waals surface area contributed by atoms with E-state index in [4.69, 9.17) is 4.84 Å². The van der Waals surface area contributed by atoms with E-state index in [9.17, 15) is 4.79 Å². The van der Waals surface area contributed by atoms with Gasteiger partial charge in [0.15, 0.2) is 6.10 Å². The van der Waals surface area contributed by atoms with Gasteiger partial charge >= 0.3 is 6.03 Å². The first-order valence-corrected chi connectivity index (χ1v) is 8.99. The maximum atomic E-state index is 12.6. The summed E-state index contributed by atoms with van der Waals surface area (Å²) in [5, 5.41) is 7.20. The molecule has 0 fully saturated rings. The van der Waals surface area contributed by atoms with Crippen LogP contribution in [0.15, 0.2) is 65.8 Å². The molecule has 0 aliphatic carbocycles. The maximum Gasteiger partial charge on any atom is 0.318 e. The molecule has 2 amide bonds. The SMILES string of the molecule is CC(C)NC(=O)N(Cc1ccccc1)C[C@H]1CC(c2ccccc2)=NO1. The molecule has 1 atom stereocenters. The summed E-state index contributed by atoms with van der Waals surface area (Å²) in [6.45, 7) is 4.95. The average molecular weight is 351 g/mol. The van der Waals surface area contributed by atoms with Gasteiger partial charge in [0.2, 0.25) is 0 Å². The van der Waals surface area contributed by atoms with Gasteiger partial charge < -0.3 is 15.1 Å². The van der Waals surface area contributed by atoms with E-state index in [2.05, 4.69) is 10.5 Å². The first kappa shape index (κ1) is 18.0. The quantitative estimate of drug-likeness (QED) is 0.861. The van der Waals surface area contributed by atoms with Crippen LogP contribution in [0.1, 0.15) is 31.4 Å². The fourth-order valence-electron chi connectivity index (χ4n) is 2.93. The Morgan fingerprint density at radius 2 is 1.81 bits per heavy atom. The Kier molecular flexibility index (Phi) is 5.89. The number of nitrogens with one attached hydrogen (secondary N) is 1. The molecule has 1 N–H and O–H groups in total. The van der Waals surface area contributed by atoms with Gasteiger partial charge in [0.05, 0.1) is 12.3 Å². The highest BCUT2D eigenvalue weighted by atomic mass is 16.6. The van der Waals surface area contributed by atoms with Crippen molar-refractivity contribution >= 4 is 11.7 Å². The number of benzene rings is 2. The summed E-state index contributed by atoms with van der Waals surface area (Å²) in [6.07, 6.45) is 0.566. The van der Waals surface area contributed by atoms with E-state index < -0.39 is 0 Å². The number of hydrogen-bond donors (Lipinski definition) is 1. The van der Waals surface area contributed by atoms with Crippen molar-refractivity contribution in [3.8, 4) is 0 Å². The van der Waals surface area contributed by atoms with E-state index >= 15 is 0 Å². The molecule has 0 aromatic heterocycles. The average Bonchev–Trinajstić information content (AvgIpc) is 3.11. The van der Waals surface area contributed by atoms with E-state index in [1.165, 1.54) is 0 Å². The van der Waals surface area contributed by atoms with Crippen LogP contribution < -0.4 is 5.32 Å². The van der Waals surface area contributed by atoms with Crippen molar-refractivity contribution in [2.45, 2.75) is 39.0 Å². The number of oxime groups is 1. The highest BCUT2D eigenvalue weighted by Crippen LogP contribution is 2.18. The van der Waals surface area contributed by atoms with E-state index in [-0.39, 0.29) is 18.2 Å². The fraction of sp³-hybridized carbons (Fsp3) is 0.333. The second-order valence-corrected chi connectivity index (χ2v) is 6.81. The minimum atomic E-state index is -0.133. The number of rotatable bonds is 6. The summed E-state index contributed by atoms with van der Waals surface area (Å²) >= 11 is 0. The molecule has 0 saturated carbocycles. The van der Waals surface area contributed by atoms with Crippen LogP contribution >= 0.6 is 0 Å². The normalized spacial score (nSPS) is 16.1. The summed E-state index contributed by atoms with van der Waals surface area (Å²) in [7, 11) is 0. The predicted octanol–water partition coefficient (Wildman–Crippen LogP) is 3.80. The van der Waals surface area contributed by atoms with Crippen molar-refractivity contribution < 1.29 is 9.63 Å². The van der Waals surface area contributed by atoms with Crippen LogP contribution in [0.4, 0.5) is 4.79 Å². The van der Waals surface area contributed by atoms with Crippen molar-refractivity contribution in [2.75, 3.05) is 6.54 Å². The molecular formula is C21H25N3O2. The van der Waals surface area contributed by atoms with Gasteiger partial charge in [-0.05, 0) is 25.0 Å². The van der Waals surface area contributed by atoms with Gasteiger partial charge in [-0.25, -0.2) is 4.79 Å². The van der Waals surface area contributed by atoms with Crippen molar-refractivity contribution in [1.82, 2.24) is 10.2 Å². The number of hydrogen-bond acceptors (Lipinski definition) is 3. The molecule has 26 heavy (non-hydrogen) atoms. The third-order valence-electron chi connectivity index (χ3n) is 4.18. The summed E-state index contributed by atoms with van der Waals surface area (Å²) < 4.78 is 0. The zero-order valence-corrected chi connectivity index (χ0v) is 15.3. The zero-order chi connectivity index (χ0) is 18.4. The lowest BCUT2D eigenvalue weighted by molar-refractivity contribution is 0.0586. The van der Waals surface area contributed by atoms with Crippen molar-refractivity contribution in [1.29, 1.82) is 0 Å². The maximum absolute atomic E-state index is 12.6. The van der Waals surface area contributed by atoms with Crippen LogP contribution in [0.25, 0.3) is 0 Å². The summed E-state index contributed by atoms with van der Waals surface area (Å²) in [4.78, 5) is 20.0. The highest BCUT2D eigenvalue weighted by molar-refractivity contribution is 6.01. The van der Waals surface area contributed by atoms with Gasteiger partial charge in [-0.1, -0.05) is 65.8 Å². The number of carbonyl (C=O) groups is 1. The molecule has 0 unspecified atom stereocenters. The lowest BCUT2D eigenvalue weighted by Gasteiger charge is -2.26. The molecule has 0 spiro atoms. The number of nitrogens with zero attached hydrogens (tertiary/aromatic N) is 2. The van der Waals surface area contributed by atoms with Gasteiger partial charge in [-0.15, -0.1) is 0 Å². The summed E-state index contributed by atoms with van der Waals surface area (Å²) in [6, 6.07) is 20.0. The lowest BCUT2D eigenvalue weighted by Crippen LogP contribution is -2.45. The molecule has 3 rings (SSSR count). The number of amides is 2. The molecule has 2 aromatic rings. The molecule has 1 aliphatic heterocycles. The second kappa shape index (κ2) is 8.52. The molecule has 5 heteroatoms. The summed E-state index contributed by atoms with van der Waals surface area (Å²) in [5.74, 6) is 0. The predicted molar refractivity (Wildman–Crippen MR) is 103 cm³/mol. The first-order valence-electron chi connectivity index (χ1n) is 8.99. The van der Waals surface area contributed by atoms with Gasteiger partial charge in [-0.3, -0.25) is 0 Å². The van der Waals surface area contributed by atoms with Crippen LogP contribution in [0.5, 0.6) is 0 Å². The van der Waals surface area contributed by atoms with Gasteiger partial charge in [0.1, 0.15) is 0 Å². The van der Waals surface area contributed by atoms with Crippen molar-refractivity contribution in [3.63, 3.8) is 0 Å². The third kappa shape index (κ3) is 4.85. The molecule has 0 saturated heterocycles. The zero-order valence-electron chi connectivity index (χ0n) is 15.3. The minimum absolute atomic E-state index is 0.0828. The fourth-order valence-corrected chi connectivity index (χ4v) is 2.93. The van der Waals surface area contributed by atoms with Crippen LogP contribution in [0.2, 0.25) is 0 Å². The smallest absolute Gasteiger partial charge is 0.318 e. The largest absolute Gasteiger partial charge is 0.390 e. The molecule has 136 valence electrons. The molecular weight excluding hydrogens is 326 g/mol.